The van der Waals surface area contributed by atoms with Gasteiger partial charge in [0.05, 0.1) is 16.3 Å². The number of benzene rings is 3. The van der Waals surface area contributed by atoms with Gasteiger partial charge in [-0.1, -0.05) is 29.8 Å². The molecule has 3 heterocycles. The van der Waals surface area contributed by atoms with Gasteiger partial charge in [0, 0.05) is 23.9 Å². The molecule has 11 nitrogen and oxygen atoms in total. The number of carboxylic acids is 1. The number of carbonyl (C=O) groups is 3. The van der Waals surface area contributed by atoms with Gasteiger partial charge >= 0.3 is 5.97 Å². The lowest BCUT2D eigenvalue weighted by atomic mass is 9.80. The van der Waals surface area contributed by atoms with E-state index in [-0.39, 0.29) is 28.4 Å². The molecule has 4 aromatic rings. The van der Waals surface area contributed by atoms with Crippen LogP contribution in [-0.2, 0) is 16.0 Å². The number of tetrazole rings is 1. The molecule has 2 aliphatic heterocycles. The molecule has 3 aromatic carbocycles. The highest BCUT2D eigenvalue weighted by Crippen LogP contribution is 2.38. The number of nitrogens with one attached hydrogen (secondary N) is 1. The van der Waals surface area contributed by atoms with E-state index in [9.17, 15) is 19.5 Å². The molecule has 2 aliphatic rings. The van der Waals surface area contributed by atoms with Gasteiger partial charge in [0.15, 0.2) is 5.82 Å². The van der Waals surface area contributed by atoms with Crippen molar-refractivity contribution in [2.45, 2.75) is 31.2 Å². The molecule has 236 valence electrons. The van der Waals surface area contributed by atoms with Crippen molar-refractivity contribution in [2.75, 3.05) is 32.0 Å². The van der Waals surface area contributed by atoms with E-state index >= 15 is 4.39 Å². The average Bonchev–Trinajstić information content (AvgIpc) is 3.60. The summed E-state index contributed by atoms with van der Waals surface area (Å²) in [6.07, 6.45) is 6.38. The summed E-state index contributed by atoms with van der Waals surface area (Å²) in [7, 11) is 2.11. The van der Waals surface area contributed by atoms with E-state index in [1.165, 1.54) is 64.0 Å². The Morgan fingerprint density at radius 3 is 2.46 bits per heavy atom. The Bertz CT molecular complexity index is 1810. The van der Waals surface area contributed by atoms with Crippen LogP contribution in [0.5, 0.6) is 0 Å². The first-order chi connectivity index (χ1) is 22.2. The van der Waals surface area contributed by atoms with E-state index in [4.69, 9.17) is 11.6 Å². The molecule has 1 saturated heterocycles. The minimum absolute atomic E-state index is 0.00892. The zero-order chi connectivity index (χ0) is 32.4. The third kappa shape index (κ3) is 6.26. The van der Waals surface area contributed by atoms with E-state index < -0.39 is 29.6 Å². The number of carbonyl (C=O) groups excluding carboxylic acids is 2. The van der Waals surface area contributed by atoms with Crippen LogP contribution in [0.25, 0.3) is 11.8 Å². The number of fused-ring (bicyclic) bond motifs is 1. The van der Waals surface area contributed by atoms with E-state index in [0.717, 1.165) is 37.1 Å². The van der Waals surface area contributed by atoms with Crippen molar-refractivity contribution in [3.05, 3.63) is 106 Å². The van der Waals surface area contributed by atoms with E-state index in [2.05, 4.69) is 38.9 Å². The minimum atomic E-state index is -1.08. The van der Waals surface area contributed by atoms with Crippen molar-refractivity contribution in [1.82, 2.24) is 30.0 Å². The molecule has 2 amide bonds. The number of aromatic carboxylic acids is 1. The summed E-state index contributed by atoms with van der Waals surface area (Å²) in [5.41, 5.74) is 3.75. The molecule has 1 fully saturated rings. The first kappa shape index (κ1) is 31.1. The number of amides is 2. The molecule has 0 unspecified atom stereocenters. The molecule has 1 atom stereocenters. The van der Waals surface area contributed by atoms with Gasteiger partial charge in [-0.25, -0.2) is 9.18 Å². The van der Waals surface area contributed by atoms with Crippen LogP contribution in [-0.4, -0.2) is 79.6 Å². The number of nitrogens with zero attached hydrogens (tertiary/aromatic N) is 6. The lowest BCUT2D eigenvalue weighted by Gasteiger charge is -2.38. The molecule has 1 aromatic heterocycles. The zero-order valence-corrected chi connectivity index (χ0v) is 25.7. The second-order valence-corrected chi connectivity index (χ2v) is 11.8. The van der Waals surface area contributed by atoms with Crippen molar-refractivity contribution < 1.29 is 23.9 Å². The third-order valence-corrected chi connectivity index (χ3v) is 8.94. The Balaban J connectivity index is 1.35. The second-order valence-electron chi connectivity index (χ2n) is 11.4. The van der Waals surface area contributed by atoms with Crippen molar-refractivity contribution >= 4 is 41.1 Å². The molecule has 13 heteroatoms. The molecule has 0 radical (unpaired) electrons. The van der Waals surface area contributed by atoms with Crippen LogP contribution < -0.4 is 5.32 Å². The maximum Gasteiger partial charge on any atom is 0.335 e. The number of aromatic nitrogens is 4. The van der Waals surface area contributed by atoms with Crippen molar-refractivity contribution in [3.63, 3.8) is 0 Å². The van der Waals surface area contributed by atoms with Crippen LogP contribution in [0.4, 0.5) is 10.1 Å². The molecule has 6 rings (SSSR count). The Morgan fingerprint density at radius 1 is 1.02 bits per heavy atom. The van der Waals surface area contributed by atoms with Crippen LogP contribution in [0.1, 0.15) is 57.4 Å². The van der Waals surface area contributed by atoms with Crippen LogP contribution in [0, 0.1) is 5.82 Å². The number of hydrogen-bond donors (Lipinski definition) is 2. The highest BCUT2D eigenvalue weighted by atomic mass is 35.5. The largest absolute Gasteiger partial charge is 0.478 e. The Kier molecular flexibility index (Phi) is 8.91. The average molecular weight is 644 g/mol. The van der Waals surface area contributed by atoms with Crippen molar-refractivity contribution in [3.8, 4) is 5.69 Å². The van der Waals surface area contributed by atoms with Gasteiger partial charge in [-0.3, -0.25) is 9.59 Å². The Morgan fingerprint density at radius 2 is 1.76 bits per heavy atom. The molecule has 0 aliphatic carbocycles. The second kappa shape index (κ2) is 13.2. The number of hydrogen-bond acceptors (Lipinski definition) is 7. The number of piperidine rings is 1. The van der Waals surface area contributed by atoms with Crippen LogP contribution in [0.3, 0.4) is 0 Å². The molecule has 0 saturated carbocycles. The minimum Gasteiger partial charge on any atom is -0.478 e. The lowest BCUT2D eigenvalue weighted by molar-refractivity contribution is -0.135. The fourth-order valence-electron chi connectivity index (χ4n) is 6.26. The maximum absolute atomic E-state index is 15.2. The van der Waals surface area contributed by atoms with E-state index in [1.807, 2.05) is 12.1 Å². The van der Waals surface area contributed by atoms with E-state index in [1.54, 1.807) is 6.07 Å². The van der Waals surface area contributed by atoms with Gasteiger partial charge in [-0.2, -0.15) is 4.68 Å². The maximum atomic E-state index is 15.2. The van der Waals surface area contributed by atoms with Crippen LogP contribution >= 0.6 is 11.6 Å². The normalized spacial score (nSPS) is 17.2. The predicted octanol–water partition coefficient (Wildman–Crippen LogP) is 4.74. The fourth-order valence-corrected chi connectivity index (χ4v) is 6.43. The quantitative estimate of drug-likeness (QED) is 0.276. The smallest absolute Gasteiger partial charge is 0.335 e. The number of anilines is 1. The monoisotopic (exact) mass is 643 g/mol. The Hall–Kier alpha value is -4.94. The van der Waals surface area contributed by atoms with Gasteiger partial charge in [0.25, 0.3) is 5.91 Å². The first-order valence-corrected chi connectivity index (χ1v) is 15.2. The summed E-state index contributed by atoms with van der Waals surface area (Å²) in [5, 5.41) is 23.0. The number of likely N-dealkylation sites (tertiary alicyclic amines) is 1. The summed E-state index contributed by atoms with van der Waals surface area (Å²) in [5.74, 6) is -2.43. The van der Waals surface area contributed by atoms with Gasteiger partial charge in [0.2, 0.25) is 5.91 Å². The standard InChI is InChI=1S/C33H31ClFN7O4/c1-40-16-13-20(14-17-40)23-3-2-4-25-24(23)15-18-41(31(25)32(44)37-22-7-5-21(6-8-22)33(45)46)29(43)12-9-26-28(42-19-36-38-39-42)11-10-27(34)30(26)35/h2-12,19-20,31H,13-18H2,1H3,(H,37,44)(H,45,46)/t31-/m0/s1. The van der Waals surface area contributed by atoms with E-state index in [0.29, 0.717) is 18.0 Å². The van der Waals surface area contributed by atoms with Crippen LogP contribution in [0.2, 0.25) is 5.02 Å². The van der Waals surface area contributed by atoms with Gasteiger partial charge in [-0.05, 0) is 115 Å². The highest BCUT2D eigenvalue weighted by Gasteiger charge is 2.37. The first-order valence-electron chi connectivity index (χ1n) is 14.9. The molecule has 0 spiro atoms. The summed E-state index contributed by atoms with van der Waals surface area (Å²) in [4.78, 5) is 43.0. The predicted molar refractivity (Wildman–Crippen MR) is 169 cm³/mol. The van der Waals surface area contributed by atoms with Gasteiger partial charge < -0.3 is 20.2 Å². The molecular formula is C33H31ClFN7O4. The summed E-state index contributed by atoms with van der Waals surface area (Å²) >= 11 is 6.07. The highest BCUT2D eigenvalue weighted by molar-refractivity contribution is 6.31. The Labute approximate surface area is 269 Å². The van der Waals surface area contributed by atoms with Crippen molar-refractivity contribution in [1.29, 1.82) is 0 Å². The molecule has 2 N–H and O–H groups in total. The molecule has 46 heavy (non-hydrogen) atoms. The third-order valence-electron chi connectivity index (χ3n) is 8.64. The zero-order valence-electron chi connectivity index (χ0n) is 24.9. The lowest BCUT2D eigenvalue weighted by Crippen LogP contribution is -2.45. The molecule has 0 bridgehead atoms. The summed E-state index contributed by atoms with van der Waals surface area (Å²) < 4.78 is 16.5. The van der Waals surface area contributed by atoms with Gasteiger partial charge in [0.1, 0.15) is 12.4 Å². The summed E-state index contributed by atoms with van der Waals surface area (Å²) in [6, 6.07) is 13.7. The number of rotatable bonds is 7. The van der Waals surface area contributed by atoms with Gasteiger partial charge in [-0.15, -0.1) is 5.10 Å². The topological polar surface area (TPSA) is 134 Å². The van der Waals surface area contributed by atoms with Crippen LogP contribution in [0.15, 0.2) is 67.0 Å². The SMILES string of the molecule is CN1CCC(c2cccc3c2CCN(C(=O)C=Cc2c(-n4cnnn4)ccc(Cl)c2F)[C@@H]3C(=O)Nc2ccc(C(=O)O)cc2)CC1. The number of halogens is 2. The summed E-state index contributed by atoms with van der Waals surface area (Å²) in [6.45, 7) is 2.22. The van der Waals surface area contributed by atoms with Crippen molar-refractivity contribution in [2.24, 2.45) is 0 Å². The fraction of sp³-hybridized carbons (Fsp3) is 0.273. The molecular weight excluding hydrogens is 613 g/mol. The number of carboxylic acid groups (broad SMARTS) is 1.